The lowest BCUT2D eigenvalue weighted by molar-refractivity contribution is -0.138. The summed E-state index contributed by atoms with van der Waals surface area (Å²) in [5.41, 5.74) is -0.516. The van der Waals surface area contributed by atoms with Crippen molar-refractivity contribution < 1.29 is 19.4 Å². The van der Waals surface area contributed by atoms with Crippen LogP contribution in [0.5, 0.6) is 0 Å². The molecule has 0 radical (unpaired) electrons. The third-order valence-electron chi connectivity index (χ3n) is 3.23. The van der Waals surface area contributed by atoms with Gasteiger partial charge in [0.25, 0.3) is 0 Å². The molecule has 2 N–H and O–H groups in total. The number of aliphatic carboxylic acids is 1. The van der Waals surface area contributed by atoms with E-state index < -0.39 is 11.5 Å². The van der Waals surface area contributed by atoms with Crippen molar-refractivity contribution in [3.8, 4) is 0 Å². The smallest absolute Gasteiger partial charge is 0.323 e. The van der Waals surface area contributed by atoms with Crippen molar-refractivity contribution >= 4 is 12.0 Å². The Kier molecular flexibility index (Phi) is 5.60. The van der Waals surface area contributed by atoms with Crippen molar-refractivity contribution in [1.29, 1.82) is 0 Å². The predicted molar refractivity (Wildman–Crippen MR) is 71.0 cm³/mol. The molecule has 0 aromatic carbocycles. The van der Waals surface area contributed by atoms with Gasteiger partial charge in [-0.1, -0.05) is 0 Å². The fraction of sp³-hybridized carbons (Fsp3) is 0.846. The molecule has 1 aliphatic rings. The van der Waals surface area contributed by atoms with Crippen LogP contribution in [0, 0.1) is 5.92 Å². The van der Waals surface area contributed by atoms with Crippen LogP contribution in [-0.4, -0.2) is 53.8 Å². The molecule has 1 fully saturated rings. The first-order valence-corrected chi connectivity index (χ1v) is 6.65. The second kappa shape index (κ2) is 6.75. The van der Waals surface area contributed by atoms with Crippen molar-refractivity contribution in [2.75, 3.05) is 26.3 Å². The summed E-state index contributed by atoms with van der Waals surface area (Å²) in [6.45, 7) is 7.23. The highest BCUT2D eigenvalue weighted by Gasteiger charge is 2.28. The van der Waals surface area contributed by atoms with Gasteiger partial charge in [-0.3, -0.25) is 4.79 Å². The van der Waals surface area contributed by atoms with Gasteiger partial charge in [0.2, 0.25) is 0 Å². The Hall–Kier alpha value is -1.30. The lowest BCUT2D eigenvalue weighted by atomic mass is 10.0. The van der Waals surface area contributed by atoms with Gasteiger partial charge in [-0.2, -0.15) is 0 Å². The maximum absolute atomic E-state index is 12.1. The lowest BCUT2D eigenvalue weighted by Gasteiger charge is -2.35. The first-order chi connectivity index (χ1) is 8.80. The number of carbonyl (C=O) groups is 2. The molecule has 0 aromatic heterocycles. The molecule has 1 rings (SSSR count). The number of carboxylic acid groups (broad SMARTS) is 1. The molecule has 0 atom stereocenters. The summed E-state index contributed by atoms with van der Waals surface area (Å²) in [5, 5.41) is 11.7. The summed E-state index contributed by atoms with van der Waals surface area (Å²) in [6.07, 6.45) is 1.88. The predicted octanol–water partition coefficient (Wildman–Crippen LogP) is 1.31. The largest absolute Gasteiger partial charge is 0.480 e. The molecule has 19 heavy (non-hydrogen) atoms. The maximum Gasteiger partial charge on any atom is 0.323 e. The van der Waals surface area contributed by atoms with Gasteiger partial charge < -0.3 is 20.1 Å². The number of ether oxygens (including phenoxy) is 1. The first-order valence-electron chi connectivity index (χ1n) is 6.65. The van der Waals surface area contributed by atoms with E-state index in [0.29, 0.717) is 12.5 Å². The summed E-state index contributed by atoms with van der Waals surface area (Å²) in [6, 6.07) is -0.318. The minimum atomic E-state index is -1.00. The second-order valence-corrected chi connectivity index (χ2v) is 5.89. The second-order valence-electron chi connectivity index (χ2n) is 5.89. The Balaban J connectivity index is 2.49. The molecule has 0 bridgehead atoms. The number of carboxylic acids is 1. The molecule has 0 unspecified atom stereocenters. The van der Waals surface area contributed by atoms with Crippen LogP contribution in [0.3, 0.4) is 0 Å². The van der Waals surface area contributed by atoms with E-state index in [4.69, 9.17) is 9.84 Å². The Morgan fingerprint density at radius 1 is 1.32 bits per heavy atom. The molecule has 0 spiro atoms. The van der Waals surface area contributed by atoms with E-state index in [0.717, 1.165) is 26.1 Å². The molecule has 6 nitrogen and oxygen atoms in total. The molecule has 2 amide bonds. The van der Waals surface area contributed by atoms with Crippen LogP contribution in [0.25, 0.3) is 0 Å². The van der Waals surface area contributed by atoms with Crippen molar-refractivity contribution in [3.63, 3.8) is 0 Å². The van der Waals surface area contributed by atoms with Crippen molar-refractivity contribution in [3.05, 3.63) is 0 Å². The normalized spacial score (nSPS) is 17.0. The van der Waals surface area contributed by atoms with Crippen LogP contribution in [-0.2, 0) is 9.53 Å². The highest BCUT2D eigenvalue weighted by molar-refractivity contribution is 5.80. The summed E-state index contributed by atoms with van der Waals surface area (Å²) in [5.74, 6) is -0.583. The number of urea groups is 1. The SMILES string of the molecule is CC(C)(C)N(CC(=O)O)C(=O)NCC1CCOCC1. The van der Waals surface area contributed by atoms with Crippen LogP contribution in [0.1, 0.15) is 33.6 Å². The number of nitrogens with one attached hydrogen (secondary N) is 1. The quantitative estimate of drug-likeness (QED) is 0.808. The number of carbonyl (C=O) groups excluding carboxylic acids is 1. The van der Waals surface area contributed by atoms with Crippen molar-refractivity contribution in [1.82, 2.24) is 10.2 Å². The van der Waals surface area contributed by atoms with E-state index in [1.807, 2.05) is 20.8 Å². The minimum absolute atomic E-state index is 0.289. The van der Waals surface area contributed by atoms with E-state index >= 15 is 0 Å². The highest BCUT2D eigenvalue weighted by atomic mass is 16.5. The van der Waals surface area contributed by atoms with Gasteiger partial charge in [0, 0.05) is 25.3 Å². The number of hydrogen-bond acceptors (Lipinski definition) is 3. The molecular formula is C13H24N2O4. The van der Waals surface area contributed by atoms with E-state index in [1.54, 1.807) is 0 Å². The summed E-state index contributed by atoms with van der Waals surface area (Å²) < 4.78 is 5.26. The zero-order valence-corrected chi connectivity index (χ0v) is 11.9. The Morgan fingerprint density at radius 3 is 2.37 bits per heavy atom. The Bertz CT molecular complexity index is 319. The van der Waals surface area contributed by atoms with Gasteiger partial charge in [0.15, 0.2) is 0 Å². The summed E-state index contributed by atoms with van der Waals surface area (Å²) in [7, 11) is 0. The highest BCUT2D eigenvalue weighted by Crippen LogP contribution is 2.15. The molecular weight excluding hydrogens is 248 g/mol. The van der Waals surface area contributed by atoms with Crippen LogP contribution in [0.2, 0.25) is 0 Å². The van der Waals surface area contributed by atoms with Crippen LogP contribution >= 0.6 is 0 Å². The van der Waals surface area contributed by atoms with Crippen LogP contribution < -0.4 is 5.32 Å². The Labute approximate surface area is 114 Å². The molecule has 0 aromatic rings. The van der Waals surface area contributed by atoms with Gasteiger partial charge in [-0.15, -0.1) is 0 Å². The molecule has 0 aliphatic carbocycles. The molecule has 1 aliphatic heterocycles. The third kappa shape index (κ3) is 5.46. The molecule has 0 saturated carbocycles. The standard InChI is InChI=1S/C13H24N2O4/c1-13(2,3)15(9-11(16)17)12(18)14-8-10-4-6-19-7-5-10/h10H,4-9H2,1-3H3,(H,14,18)(H,16,17). The van der Waals surface area contributed by atoms with E-state index in [2.05, 4.69) is 5.32 Å². The zero-order chi connectivity index (χ0) is 14.5. The average molecular weight is 272 g/mol. The van der Waals surface area contributed by atoms with Crippen molar-refractivity contribution in [2.24, 2.45) is 5.92 Å². The van der Waals surface area contributed by atoms with E-state index in [1.165, 1.54) is 4.90 Å². The summed E-state index contributed by atoms with van der Waals surface area (Å²) in [4.78, 5) is 24.3. The van der Waals surface area contributed by atoms with Gasteiger partial charge in [0.05, 0.1) is 0 Å². The Morgan fingerprint density at radius 2 is 1.89 bits per heavy atom. The lowest BCUT2D eigenvalue weighted by Crippen LogP contribution is -2.53. The molecule has 1 heterocycles. The minimum Gasteiger partial charge on any atom is -0.480 e. The van der Waals surface area contributed by atoms with Crippen LogP contribution in [0.15, 0.2) is 0 Å². The van der Waals surface area contributed by atoms with E-state index in [9.17, 15) is 9.59 Å². The zero-order valence-electron chi connectivity index (χ0n) is 11.9. The summed E-state index contributed by atoms with van der Waals surface area (Å²) >= 11 is 0. The fourth-order valence-corrected chi connectivity index (χ4v) is 2.03. The topological polar surface area (TPSA) is 78.9 Å². The van der Waals surface area contributed by atoms with Gasteiger partial charge in [-0.05, 0) is 39.5 Å². The monoisotopic (exact) mass is 272 g/mol. The van der Waals surface area contributed by atoms with Crippen molar-refractivity contribution in [2.45, 2.75) is 39.2 Å². The third-order valence-corrected chi connectivity index (χ3v) is 3.23. The average Bonchev–Trinajstić information content (AvgIpc) is 2.33. The molecule has 1 saturated heterocycles. The number of hydrogen-bond donors (Lipinski definition) is 2. The van der Waals surface area contributed by atoms with Gasteiger partial charge >= 0.3 is 12.0 Å². The molecule has 110 valence electrons. The maximum atomic E-state index is 12.1. The van der Waals surface area contributed by atoms with Gasteiger partial charge in [0.1, 0.15) is 6.54 Å². The fourth-order valence-electron chi connectivity index (χ4n) is 2.03. The number of rotatable bonds is 4. The van der Waals surface area contributed by atoms with Crippen LogP contribution in [0.4, 0.5) is 4.79 Å². The van der Waals surface area contributed by atoms with Gasteiger partial charge in [-0.25, -0.2) is 4.79 Å². The first kappa shape index (κ1) is 15.8. The number of amides is 2. The van der Waals surface area contributed by atoms with E-state index in [-0.39, 0.29) is 12.6 Å². The molecule has 6 heteroatoms. The number of nitrogens with zero attached hydrogens (tertiary/aromatic N) is 1.